The van der Waals surface area contributed by atoms with Crippen molar-refractivity contribution in [3.63, 3.8) is 0 Å². The van der Waals surface area contributed by atoms with Crippen LogP contribution in [-0.4, -0.2) is 43.2 Å². The Morgan fingerprint density at radius 1 is 1.17 bits per heavy atom. The van der Waals surface area contributed by atoms with Gasteiger partial charge in [-0.25, -0.2) is 19.7 Å². The summed E-state index contributed by atoms with van der Waals surface area (Å²) in [6.07, 6.45) is 9.62. The van der Waals surface area contributed by atoms with Gasteiger partial charge in [-0.2, -0.15) is 0 Å². The average Bonchev–Trinajstić information content (AvgIpc) is 3.49. The van der Waals surface area contributed by atoms with Crippen molar-refractivity contribution in [3.05, 3.63) is 71.6 Å². The summed E-state index contributed by atoms with van der Waals surface area (Å²) in [6.45, 7) is 2.10. The number of carbonyl (C=O) groups excluding carboxylic acids is 1. The lowest BCUT2D eigenvalue weighted by Gasteiger charge is -2.15. The van der Waals surface area contributed by atoms with Gasteiger partial charge in [0.2, 0.25) is 5.95 Å². The summed E-state index contributed by atoms with van der Waals surface area (Å²) in [5.41, 5.74) is 4.64. The van der Waals surface area contributed by atoms with Crippen LogP contribution in [0.15, 0.2) is 49.2 Å². The number of nitrogens with zero attached hydrogens (tertiary/aromatic N) is 5. The normalized spacial score (nSPS) is 15.1. The fourth-order valence-electron chi connectivity index (χ4n) is 4.11. The number of imidazole rings is 1. The molecule has 1 amide bonds. The second kappa shape index (κ2) is 8.14. The number of carbonyl (C=O) groups is 1. The number of aryl methyl sites for hydroxylation is 1. The number of nitrogens with one attached hydrogen (secondary N) is 1. The van der Waals surface area contributed by atoms with Crippen molar-refractivity contribution in [1.29, 1.82) is 0 Å². The van der Waals surface area contributed by atoms with Crippen LogP contribution in [0.4, 0.5) is 10.7 Å². The first kappa shape index (κ1) is 18.6. The molecular weight excluding hydrogens is 380 g/mol. The van der Waals surface area contributed by atoms with Crippen LogP contribution in [0.5, 0.6) is 0 Å². The molecule has 0 atom stereocenters. The first-order valence-corrected chi connectivity index (χ1v) is 10.3. The Kier molecular flexibility index (Phi) is 5.04. The zero-order valence-electron chi connectivity index (χ0n) is 16.7. The lowest BCUT2D eigenvalue weighted by molar-refractivity contribution is 0.0992. The van der Waals surface area contributed by atoms with E-state index in [0.717, 1.165) is 37.1 Å². The zero-order valence-corrected chi connectivity index (χ0v) is 16.7. The maximum Gasteiger partial charge on any atom is 0.410 e. The van der Waals surface area contributed by atoms with Crippen LogP contribution in [0.2, 0.25) is 0 Å². The van der Waals surface area contributed by atoms with Crippen molar-refractivity contribution in [1.82, 2.24) is 24.4 Å². The molecular formula is C22H24N6O2. The van der Waals surface area contributed by atoms with Crippen molar-refractivity contribution < 1.29 is 9.53 Å². The van der Waals surface area contributed by atoms with Crippen LogP contribution < -0.4 is 5.32 Å². The minimum Gasteiger partial charge on any atom is -0.449 e. The number of aromatic nitrogens is 4. The maximum absolute atomic E-state index is 12.4. The fourth-order valence-corrected chi connectivity index (χ4v) is 4.11. The molecule has 154 valence electrons. The molecule has 1 aromatic carbocycles. The molecule has 1 N–H and O–H groups in total. The molecule has 30 heavy (non-hydrogen) atoms. The van der Waals surface area contributed by atoms with E-state index in [1.165, 1.54) is 11.1 Å². The lowest BCUT2D eigenvalue weighted by Crippen LogP contribution is -2.26. The highest BCUT2D eigenvalue weighted by Crippen LogP contribution is 2.25. The molecule has 2 aliphatic rings. The van der Waals surface area contributed by atoms with E-state index in [0.29, 0.717) is 31.7 Å². The predicted octanol–water partition coefficient (Wildman–Crippen LogP) is 2.79. The Balaban J connectivity index is 1.12. The lowest BCUT2D eigenvalue weighted by atomic mass is 10.1. The van der Waals surface area contributed by atoms with E-state index in [2.05, 4.69) is 44.5 Å². The number of amides is 1. The molecule has 0 bridgehead atoms. The first-order chi connectivity index (χ1) is 14.7. The van der Waals surface area contributed by atoms with Gasteiger partial charge < -0.3 is 14.6 Å². The maximum atomic E-state index is 12.4. The van der Waals surface area contributed by atoms with Gasteiger partial charge in [0.05, 0.1) is 31.7 Å². The highest BCUT2D eigenvalue weighted by Gasteiger charge is 2.27. The molecule has 0 spiro atoms. The van der Waals surface area contributed by atoms with E-state index in [9.17, 15) is 4.79 Å². The van der Waals surface area contributed by atoms with Gasteiger partial charge in [0, 0.05) is 36.7 Å². The van der Waals surface area contributed by atoms with Crippen LogP contribution >= 0.6 is 0 Å². The molecule has 0 saturated heterocycles. The fraction of sp³-hybridized carbons (Fsp3) is 0.364. The standard InChI is InChI=1S/C22H24N6O2/c29-22(30-9-3-7-27-8-6-23-15-27)28-13-18-12-24-21(26-20(18)14-28)25-19-10-16-4-1-2-5-17(16)11-19/h1-2,4-6,8,12,15,19H,3,7,9-11,13-14H2,(H,24,25,26). The van der Waals surface area contributed by atoms with Gasteiger partial charge in [-0.1, -0.05) is 24.3 Å². The van der Waals surface area contributed by atoms with Crippen LogP contribution in [0, 0.1) is 0 Å². The molecule has 0 saturated carbocycles. The van der Waals surface area contributed by atoms with Crippen molar-refractivity contribution in [2.24, 2.45) is 0 Å². The molecule has 0 radical (unpaired) electrons. The summed E-state index contributed by atoms with van der Waals surface area (Å²) in [5, 5.41) is 3.45. The summed E-state index contributed by atoms with van der Waals surface area (Å²) in [5.74, 6) is 0.627. The quantitative estimate of drug-likeness (QED) is 0.636. The van der Waals surface area contributed by atoms with Gasteiger partial charge in [0.15, 0.2) is 0 Å². The van der Waals surface area contributed by atoms with E-state index in [1.807, 2.05) is 17.0 Å². The van der Waals surface area contributed by atoms with Crippen LogP contribution in [-0.2, 0) is 37.2 Å². The summed E-state index contributed by atoms with van der Waals surface area (Å²) >= 11 is 0. The Hall–Kier alpha value is -3.42. The summed E-state index contributed by atoms with van der Waals surface area (Å²) < 4.78 is 7.38. The third-order valence-electron chi connectivity index (χ3n) is 5.64. The van der Waals surface area contributed by atoms with Gasteiger partial charge in [-0.15, -0.1) is 0 Å². The number of fused-ring (bicyclic) bond motifs is 2. The third-order valence-corrected chi connectivity index (χ3v) is 5.64. The molecule has 1 aliphatic carbocycles. The topological polar surface area (TPSA) is 85.2 Å². The highest BCUT2D eigenvalue weighted by atomic mass is 16.6. The Labute approximate surface area is 174 Å². The number of hydrogen-bond acceptors (Lipinski definition) is 6. The highest BCUT2D eigenvalue weighted by molar-refractivity contribution is 5.68. The van der Waals surface area contributed by atoms with Gasteiger partial charge >= 0.3 is 6.09 Å². The summed E-state index contributed by atoms with van der Waals surface area (Å²) in [6, 6.07) is 8.83. The molecule has 3 aromatic rings. The third kappa shape index (κ3) is 3.98. The van der Waals surface area contributed by atoms with E-state index >= 15 is 0 Å². The second-order valence-corrected chi connectivity index (χ2v) is 7.81. The second-order valence-electron chi connectivity index (χ2n) is 7.81. The van der Waals surface area contributed by atoms with E-state index in [-0.39, 0.29) is 6.09 Å². The van der Waals surface area contributed by atoms with E-state index < -0.39 is 0 Å². The van der Waals surface area contributed by atoms with Crippen LogP contribution in [0.25, 0.3) is 0 Å². The van der Waals surface area contributed by atoms with E-state index in [4.69, 9.17) is 4.74 Å². The minimum atomic E-state index is -0.306. The molecule has 8 heteroatoms. The van der Waals surface area contributed by atoms with Crippen molar-refractivity contribution >= 4 is 12.0 Å². The number of benzene rings is 1. The monoisotopic (exact) mass is 404 g/mol. The predicted molar refractivity (Wildman–Crippen MR) is 111 cm³/mol. The smallest absolute Gasteiger partial charge is 0.410 e. The van der Waals surface area contributed by atoms with Crippen molar-refractivity contribution in [3.8, 4) is 0 Å². The number of anilines is 1. The first-order valence-electron chi connectivity index (χ1n) is 10.3. The van der Waals surface area contributed by atoms with Gasteiger partial charge in [-0.05, 0) is 30.4 Å². The Morgan fingerprint density at radius 2 is 2.00 bits per heavy atom. The summed E-state index contributed by atoms with van der Waals surface area (Å²) in [7, 11) is 0. The van der Waals surface area contributed by atoms with E-state index in [1.54, 1.807) is 17.4 Å². The number of ether oxygens (including phenoxy) is 1. The van der Waals surface area contributed by atoms with Crippen molar-refractivity contribution in [2.75, 3.05) is 11.9 Å². The number of rotatable bonds is 6. The van der Waals surface area contributed by atoms with Gasteiger partial charge in [-0.3, -0.25) is 4.90 Å². The van der Waals surface area contributed by atoms with Crippen LogP contribution in [0.1, 0.15) is 28.8 Å². The molecule has 1 aliphatic heterocycles. The largest absolute Gasteiger partial charge is 0.449 e. The zero-order chi connectivity index (χ0) is 20.3. The molecule has 5 rings (SSSR count). The van der Waals surface area contributed by atoms with Gasteiger partial charge in [0.25, 0.3) is 0 Å². The Morgan fingerprint density at radius 3 is 2.77 bits per heavy atom. The SMILES string of the molecule is O=C(OCCCn1ccnc1)N1Cc2cnc(NC3Cc4ccccc4C3)nc2C1. The summed E-state index contributed by atoms with van der Waals surface area (Å²) in [4.78, 5) is 27.2. The average molecular weight is 404 g/mol. The number of hydrogen-bond donors (Lipinski definition) is 1. The molecule has 3 heterocycles. The Bertz CT molecular complexity index is 1010. The van der Waals surface area contributed by atoms with Crippen LogP contribution in [0.3, 0.4) is 0 Å². The molecule has 0 unspecified atom stereocenters. The van der Waals surface area contributed by atoms with Gasteiger partial charge in [0.1, 0.15) is 0 Å². The molecule has 8 nitrogen and oxygen atoms in total. The minimum absolute atomic E-state index is 0.304. The van der Waals surface area contributed by atoms with Crippen molar-refractivity contribution in [2.45, 2.75) is 44.9 Å². The molecule has 0 fully saturated rings. The molecule has 2 aromatic heterocycles.